The Bertz CT molecular complexity index is 389. The zero-order chi connectivity index (χ0) is 11.3. The fourth-order valence-corrected chi connectivity index (χ4v) is 1.68. The molecule has 84 valence electrons. The minimum Gasteiger partial charge on any atom is -0.309 e. The molecule has 0 aliphatic carbocycles. The van der Waals surface area contributed by atoms with Gasteiger partial charge in [-0.2, -0.15) is 0 Å². The topological polar surface area (TPSA) is 72.2 Å². The molecule has 0 amide bonds. The number of nitrogens with one attached hydrogen (secondary N) is 1. The van der Waals surface area contributed by atoms with Crippen molar-refractivity contribution in [2.24, 2.45) is 5.14 Å². The van der Waals surface area contributed by atoms with E-state index in [4.69, 9.17) is 5.14 Å². The highest BCUT2D eigenvalue weighted by Crippen LogP contribution is 2.10. The lowest BCUT2D eigenvalue weighted by Gasteiger charge is -2.13. The number of benzene rings is 1. The normalized spacial score (nSPS) is 13.7. The Kier molecular flexibility index (Phi) is 4.26. The molecule has 3 N–H and O–H groups in total. The third kappa shape index (κ3) is 4.92. The predicted molar refractivity (Wildman–Crippen MR) is 60.8 cm³/mol. The van der Waals surface area contributed by atoms with Crippen molar-refractivity contribution in [1.29, 1.82) is 0 Å². The molecule has 0 saturated carbocycles. The standard InChI is InChI=1S/C10H16N2O2S/c1-9(10-5-3-2-4-6-10)12-7-8-15(11,13)14/h2-6,9,12H,7-8H2,1H3,(H2,11,13,14)/t9-/m1/s1. The van der Waals surface area contributed by atoms with Crippen molar-refractivity contribution in [3.63, 3.8) is 0 Å². The van der Waals surface area contributed by atoms with Crippen molar-refractivity contribution in [2.75, 3.05) is 12.3 Å². The lowest BCUT2D eigenvalue weighted by molar-refractivity contribution is 0.573. The van der Waals surface area contributed by atoms with E-state index in [-0.39, 0.29) is 11.8 Å². The second-order valence-corrected chi connectivity index (χ2v) is 5.19. The molecule has 5 heteroatoms. The molecule has 0 aliphatic heterocycles. The van der Waals surface area contributed by atoms with Gasteiger partial charge in [-0.15, -0.1) is 0 Å². The van der Waals surface area contributed by atoms with Gasteiger partial charge in [0.05, 0.1) is 5.75 Å². The van der Waals surface area contributed by atoms with E-state index in [2.05, 4.69) is 5.32 Å². The second kappa shape index (κ2) is 5.25. The molecule has 0 spiro atoms. The first kappa shape index (κ1) is 12.2. The van der Waals surface area contributed by atoms with Gasteiger partial charge in [0.15, 0.2) is 0 Å². The lowest BCUT2D eigenvalue weighted by Crippen LogP contribution is -2.28. The van der Waals surface area contributed by atoms with Crippen LogP contribution in [0, 0.1) is 0 Å². The summed E-state index contributed by atoms with van der Waals surface area (Å²) in [4.78, 5) is 0. The van der Waals surface area contributed by atoms with Gasteiger partial charge in [0, 0.05) is 12.6 Å². The van der Waals surface area contributed by atoms with Crippen LogP contribution in [0.1, 0.15) is 18.5 Å². The minimum absolute atomic E-state index is 0.0375. The van der Waals surface area contributed by atoms with Gasteiger partial charge in [-0.3, -0.25) is 0 Å². The maximum atomic E-state index is 10.7. The van der Waals surface area contributed by atoms with E-state index >= 15 is 0 Å². The van der Waals surface area contributed by atoms with Crippen LogP contribution in [-0.2, 0) is 10.0 Å². The van der Waals surface area contributed by atoms with Crippen molar-refractivity contribution in [1.82, 2.24) is 5.32 Å². The number of rotatable bonds is 5. The molecule has 15 heavy (non-hydrogen) atoms. The van der Waals surface area contributed by atoms with Crippen LogP contribution < -0.4 is 10.5 Å². The van der Waals surface area contributed by atoms with Crippen molar-refractivity contribution in [2.45, 2.75) is 13.0 Å². The average molecular weight is 228 g/mol. The summed E-state index contributed by atoms with van der Waals surface area (Å²) in [6.07, 6.45) is 0. The highest BCUT2D eigenvalue weighted by molar-refractivity contribution is 7.89. The predicted octanol–water partition coefficient (Wildman–Crippen LogP) is 0.626. The molecular weight excluding hydrogens is 212 g/mol. The summed E-state index contributed by atoms with van der Waals surface area (Å²) in [5.41, 5.74) is 1.13. The maximum Gasteiger partial charge on any atom is 0.210 e. The molecule has 1 aromatic rings. The van der Waals surface area contributed by atoms with Gasteiger partial charge in [0.25, 0.3) is 0 Å². The lowest BCUT2D eigenvalue weighted by atomic mass is 10.1. The highest BCUT2D eigenvalue weighted by atomic mass is 32.2. The first-order valence-electron chi connectivity index (χ1n) is 4.78. The summed E-state index contributed by atoms with van der Waals surface area (Å²) < 4.78 is 21.4. The molecule has 0 heterocycles. The largest absolute Gasteiger partial charge is 0.309 e. The molecular formula is C10H16N2O2S. The van der Waals surface area contributed by atoms with Crippen LogP contribution in [0.3, 0.4) is 0 Å². The van der Waals surface area contributed by atoms with Gasteiger partial charge in [0.1, 0.15) is 0 Å². The first-order valence-corrected chi connectivity index (χ1v) is 6.49. The van der Waals surface area contributed by atoms with Crippen molar-refractivity contribution in [3.05, 3.63) is 35.9 Å². The number of nitrogens with two attached hydrogens (primary N) is 1. The van der Waals surface area contributed by atoms with Gasteiger partial charge in [-0.1, -0.05) is 30.3 Å². The summed E-state index contributed by atoms with van der Waals surface area (Å²) >= 11 is 0. The Morgan fingerprint density at radius 3 is 2.47 bits per heavy atom. The van der Waals surface area contributed by atoms with E-state index in [1.165, 1.54) is 0 Å². The molecule has 0 aromatic heterocycles. The van der Waals surface area contributed by atoms with E-state index in [1.54, 1.807) is 0 Å². The molecule has 1 aromatic carbocycles. The fourth-order valence-electron chi connectivity index (χ4n) is 1.28. The summed E-state index contributed by atoms with van der Waals surface area (Å²) in [7, 11) is -3.36. The summed E-state index contributed by atoms with van der Waals surface area (Å²) in [6, 6.07) is 9.97. The SMILES string of the molecule is C[C@@H](NCCS(N)(=O)=O)c1ccccc1. The Labute approximate surface area is 90.5 Å². The zero-order valence-corrected chi connectivity index (χ0v) is 9.50. The Morgan fingerprint density at radius 1 is 1.33 bits per heavy atom. The molecule has 0 unspecified atom stereocenters. The number of hydrogen-bond donors (Lipinski definition) is 2. The van der Waals surface area contributed by atoms with Gasteiger partial charge in [0.2, 0.25) is 10.0 Å². The molecule has 1 rings (SSSR count). The highest BCUT2D eigenvalue weighted by Gasteiger charge is 2.06. The maximum absolute atomic E-state index is 10.7. The quantitative estimate of drug-likeness (QED) is 0.776. The summed E-state index contributed by atoms with van der Waals surface area (Å²) in [6.45, 7) is 2.35. The fraction of sp³-hybridized carbons (Fsp3) is 0.400. The van der Waals surface area contributed by atoms with Crippen LogP contribution in [-0.4, -0.2) is 20.7 Å². The number of hydrogen-bond acceptors (Lipinski definition) is 3. The van der Waals surface area contributed by atoms with E-state index in [0.29, 0.717) is 6.54 Å². The van der Waals surface area contributed by atoms with E-state index in [1.807, 2.05) is 37.3 Å². The van der Waals surface area contributed by atoms with Gasteiger partial charge < -0.3 is 5.32 Å². The van der Waals surface area contributed by atoms with E-state index < -0.39 is 10.0 Å². The van der Waals surface area contributed by atoms with Crippen LogP contribution >= 0.6 is 0 Å². The smallest absolute Gasteiger partial charge is 0.210 e. The molecule has 1 atom stereocenters. The Hall–Kier alpha value is -0.910. The third-order valence-electron chi connectivity index (χ3n) is 2.14. The third-order valence-corrected chi connectivity index (χ3v) is 2.91. The number of sulfonamides is 1. The molecule has 4 nitrogen and oxygen atoms in total. The van der Waals surface area contributed by atoms with Crippen molar-refractivity contribution in [3.8, 4) is 0 Å². The molecule has 0 saturated heterocycles. The van der Waals surface area contributed by atoms with Crippen LogP contribution in [0.15, 0.2) is 30.3 Å². The second-order valence-electron chi connectivity index (χ2n) is 3.45. The Morgan fingerprint density at radius 2 is 1.93 bits per heavy atom. The first-order chi connectivity index (χ1) is 6.99. The van der Waals surface area contributed by atoms with Crippen LogP contribution in [0.2, 0.25) is 0 Å². The minimum atomic E-state index is -3.36. The number of primary sulfonamides is 1. The monoisotopic (exact) mass is 228 g/mol. The zero-order valence-electron chi connectivity index (χ0n) is 8.68. The molecule has 0 fully saturated rings. The van der Waals surface area contributed by atoms with Crippen molar-refractivity contribution < 1.29 is 8.42 Å². The summed E-state index contributed by atoms with van der Waals surface area (Å²) in [5, 5.41) is 7.99. The van der Waals surface area contributed by atoms with Gasteiger partial charge in [-0.25, -0.2) is 13.6 Å². The molecule has 0 aliphatic rings. The van der Waals surface area contributed by atoms with Crippen LogP contribution in [0.4, 0.5) is 0 Å². The van der Waals surface area contributed by atoms with Gasteiger partial charge >= 0.3 is 0 Å². The molecule has 0 radical (unpaired) electrons. The average Bonchev–Trinajstić information content (AvgIpc) is 2.17. The van der Waals surface area contributed by atoms with E-state index in [9.17, 15) is 8.42 Å². The van der Waals surface area contributed by atoms with Gasteiger partial charge in [-0.05, 0) is 12.5 Å². The van der Waals surface area contributed by atoms with Crippen molar-refractivity contribution >= 4 is 10.0 Å². The van der Waals surface area contributed by atoms with E-state index in [0.717, 1.165) is 5.56 Å². The van der Waals surface area contributed by atoms with Crippen LogP contribution in [0.5, 0.6) is 0 Å². The molecule has 0 bridgehead atoms. The van der Waals surface area contributed by atoms with Crippen LogP contribution in [0.25, 0.3) is 0 Å². The summed E-state index contributed by atoms with van der Waals surface area (Å²) in [5.74, 6) is -0.0375. The Balaban J connectivity index is 2.41.